The fourth-order valence-electron chi connectivity index (χ4n) is 3.59. The highest BCUT2D eigenvalue weighted by atomic mass is 79.9. The van der Waals surface area contributed by atoms with Crippen LogP contribution in [0.2, 0.25) is 0 Å². The molecule has 0 aliphatic heterocycles. The van der Waals surface area contributed by atoms with Gasteiger partial charge in [-0.2, -0.15) is 0 Å². The third-order valence-corrected chi connectivity index (χ3v) is 6.26. The summed E-state index contributed by atoms with van der Waals surface area (Å²) < 4.78 is 1.51. The average molecular weight is 692 g/mol. The second-order valence-electron chi connectivity index (χ2n) is 8.59. The van der Waals surface area contributed by atoms with E-state index in [0.717, 1.165) is 43.8 Å². The Morgan fingerprint density at radius 3 is 1.90 bits per heavy atom. The number of halogens is 2. The number of rotatable bonds is 3. The number of H-pyrrole nitrogens is 1. The Bertz CT molecular complexity index is 1740. The molecule has 0 bridgehead atoms. The second kappa shape index (κ2) is 15.5. The molecule has 5 N–H and O–H groups in total. The first-order chi connectivity index (χ1) is 19.2. The number of aromatic amines is 1. The summed E-state index contributed by atoms with van der Waals surface area (Å²) in [5, 5.41) is 5.45. The van der Waals surface area contributed by atoms with Gasteiger partial charge in [0.05, 0.1) is 16.7 Å². The van der Waals surface area contributed by atoms with Gasteiger partial charge in [0, 0.05) is 36.5 Å². The van der Waals surface area contributed by atoms with Crippen molar-refractivity contribution in [1.29, 1.82) is 0 Å². The fraction of sp³-hybridized carbons (Fsp3) is 0.125. The molecule has 0 aliphatic carbocycles. The molecular formula is C32H32Br2N6O2. The first-order valence-corrected chi connectivity index (χ1v) is 13.6. The van der Waals surface area contributed by atoms with E-state index in [4.69, 9.17) is 5.73 Å². The van der Waals surface area contributed by atoms with Gasteiger partial charge in [-0.05, 0) is 110 Å². The van der Waals surface area contributed by atoms with Crippen LogP contribution in [-0.4, -0.2) is 26.8 Å². The van der Waals surface area contributed by atoms with Gasteiger partial charge in [0.2, 0.25) is 11.8 Å². The maximum atomic E-state index is 11.0. The van der Waals surface area contributed by atoms with Crippen molar-refractivity contribution >= 4 is 71.8 Å². The van der Waals surface area contributed by atoms with Gasteiger partial charge in [-0.15, -0.1) is 0 Å². The number of anilines is 3. The third kappa shape index (κ3) is 9.58. The lowest BCUT2D eigenvalue weighted by Crippen LogP contribution is -2.05. The standard InChI is InChI=1S/2C15H12BrN3O.2CH4/c1-9(20)17-11-4-2-10(3-5-11)13-8-14-12(18-13)6-7-15(16)19-14;1-10(20)18-12-5-2-11(3-6-12)4-8-14-13(17)7-9-15(16)19-14;;/h2-8,18H,1H3,(H,17,20);2-3,5-7,9H,17H2,1H3,(H,18,20);2*1H4. The number of fused-ring (bicyclic) bond motifs is 1. The largest absolute Gasteiger partial charge is 0.396 e. The number of nitrogens with one attached hydrogen (secondary N) is 3. The Kier molecular flexibility index (Phi) is 12.5. The summed E-state index contributed by atoms with van der Waals surface area (Å²) in [5.74, 6) is 5.74. The highest BCUT2D eigenvalue weighted by Crippen LogP contribution is 2.25. The molecule has 0 spiro atoms. The number of aromatic nitrogens is 3. The minimum Gasteiger partial charge on any atom is -0.396 e. The fourth-order valence-corrected chi connectivity index (χ4v) is 4.23. The molecule has 8 nitrogen and oxygen atoms in total. The predicted molar refractivity (Wildman–Crippen MR) is 180 cm³/mol. The van der Waals surface area contributed by atoms with E-state index in [2.05, 4.69) is 69.3 Å². The summed E-state index contributed by atoms with van der Waals surface area (Å²) >= 11 is 6.65. The molecule has 3 heterocycles. The Balaban J connectivity index is 0.000000280. The molecule has 0 atom stereocenters. The summed E-state index contributed by atoms with van der Waals surface area (Å²) in [6.45, 7) is 2.96. The number of nitrogens with zero attached hydrogens (tertiary/aromatic N) is 2. The normalized spacial score (nSPS) is 9.62. The van der Waals surface area contributed by atoms with Gasteiger partial charge in [-0.3, -0.25) is 9.59 Å². The molecule has 0 saturated heterocycles. The number of hydrogen-bond donors (Lipinski definition) is 4. The van der Waals surface area contributed by atoms with Gasteiger partial charge in [0.15, 0.2) is 0 Å². The number of benzene rings is 2. The summed E-state index contributed by atoms with van der Waals surface area (Å²) in [6.07, 6.45) is 0. The maximum absolute atomic E-state index is 11.0. The third-order valence-electron chi connectivity index (χ3n) is 5.38. The zero-order valence-electron chi connectivity index (χ0n) is 21.5. The van der Waals surface area contributed by atoms with Crippen molar-refractivity contribution in [2.24, 2.45) is 0 Å². The first kappa shape index (κ1) is 33.7. The van der Waals surface area contributed by atoms with Crippen LogP contribution >= 0.6 is 31.9 Å². The molecular weight excluding hydrogens is 660 g/mol. The molecule has 216 valence electrons. The van der Waals surface area contributed by atoms with E-state index >= 15 is 0 Å². The van der Waals surface area contributed by atoms with Crippen LogP contribution in [0.25, 0.3) is 22.3 Å². The van der Waals surface area contributed by atoms with Crippen molar-refractivity contribution in [3.8, 4) is 23.1 Å². The van der Waals surface area contributed by atoms with Crippen molar-refractivity contribution in [1.82, 2.24) is 15.0 Å². The lowest BCUT2D eigenvalue weighted by atomic mass is 10.1. The van der Waals surface area contributed by atoms with Crippen molar-refractivity contribution in [2.75, 3.05) is 16.4 Å². The smallest absolute Gasteiger partial charge is 0.221 e. The van der Waals surface area contributed by atoms with E-state index in [9.17, 15) is 9.59 Å². The summed E-state index contributed by atoms with van der Waals surface area (Å²) in [4.78, 5) is 33.8. The maximum Gasteiger partial charge on any atom is 0.221 e. The van der Waals surface area contributed by atoms with Crippen LogP contribution in [0, 0.1) is 11.8 Å². The minimum absolute atomic E-state index is 0. The molecule has 2 amide bonds. The molecule has 5 rings (SSSR count). The van der Waals surface area contributed by atoms with E-state index in [-0.39, 0.29) is 26.7 Å². The van der Waals surface area contributed by atoms with Gasteiger partial charge in [-0.1, -0.05) is 32.9 Å². The van der Waals surface area contributed by atoms with Gasteiger partial charge >= 0.3 is 0 Å². The average Bonchev–Trinajstić information content (AvgIpc) is 3.33. The Hall–Kier alpha value is -4.46. The highest BCUT2D eigenvalue weighted by molar-refractivity contribution is 9.10. The summed E-state index contributed by atoms with van der Waals surface area (Å²) in [6, 6.07) is 24.3. The summed E-state index contributed by atoms with van der Waals surface area (Å²) in [7, 11) is 0. The number of amides is 2. The Morgan fingerprint density at radius 2 is 1.31 bits per heavy atom. The molecule has 42 heavy (non-hydrogen) atoms. The molecule has 0 radical (unpaired) electrons. The van der Waals surface area contributed by atoms with Gasteiger partial charge in [0.25, 0.3) is 0 Å². The van der Waals surface area contributed by atoms with Gasteiger partial charge < -0.3 is 21.4 Å². The van der Waals surface area contributed by atoms with Crippen LogP contribution in [0.5, 0.6) is 0 Å². The lowest BCUT2D eigenvalue weighted by Gasteiger charge is -2.03. The molecule has 10 heteroatoms. The monoisotopic (exact) mass is 690 g/mol. The van der Waals surface area contributed by atoms with Crippen LogP contribution in [0.3, 0.4) is 0 Å². The van der Waals surface area contributed by atoms with Crippen molar-refractivity contribution in [3.05, 3.63) is 99.3 Å². The number of pyridine rings is 2. The molecule has 0 unspecified atom stereocenters. The first-order valence-electron chi connectivity index (χ1n) is 12.0. The summed E-state index contributed by atoms with van der Waals surface area (Å²) in [5.41, 5.74) is 13.2. The van der Waals surface area contributed by atoms with E-state index in [1.807, 2.05) is 54.6 Å². The van der Waals surface area contributed by atoms with Gasteiger partial charge in [-0.25, -0.2) is 9.97 Å². The lowest BCUT2D eigenvalue weighted by molar-refractivity contribution is -0.115. The van der Waals surface area contributed by atoms with E-state index in [1.54, 1.807) is 24.3 Å². The van der Waals surface area contributed by atoms with E-state index < -0.39 is 0 Å². The molecule has 0 fully saturated rings. The SMILES string of the molecule is C.C.CC(=O)Nc1ccc(-c2cc3nc(Br)ccc3[nH]2)cc1.CC(=O)Nc1ccc(C#Cc2nc(Br)ccc2N)cc1. The Labute approximate surface area is 262 Å². The predicted octanol–water partition coefficient (Wildman–Crippen LogP) is 8.01. The van der Waals surface area contributed by atoms with E-state index in [1.165, 1.54) is 13.8 Å². The minimum atomic E-state index is -0.102. The second-order valence-corrected chi connectivity index (χ2v) is 10.2. The van der Waals surface area contributed by atoms with Crippen LogP contribution in [0.1, 0.15) is 40.0 Å². The van der Waals surface area contributed by atoms with Crippen LogP contribution in [0.4, 0.5) is 17.1 Å². The number of carbonyl (C=O) groups excluding carboxylic acids is 2. The van der Waals surface area contributed by atoms with E-state index in [0.29, 0.717) is 16.0 Å². The molecule has 0 aliphatic rings. The van der Waals surface area contributed by atoms with Crippen LogP contribution in [-0.2, 0) is 9.59 Å². The van der Waals surface area contributed by atoms with Crippen molar-refractivity contribution in [2.45, 2.75) is 28.7 Å². The molecule has 2 aromatic carbocycles. The number of hydrogen-bond acceptors (Lipinski definition) is 5. The number of carbonyl (C=O) groups is 2. The van der Waals surface area contributed by atoms with Crippen LogP contribution < -0.4 is 16.4 Å². The van der Waals surface area contributed by atoms with Crippen molar-refractivity contribution < 1.29 is 9.59 Å². The molecule has 0 saturated carbocycles. The Morgan fingerprint density at radius 1 is 0.762 bits per heavy atom. The molecule has 3 aromatic heterocycles. The zero-order valence-corrected chi connectivity index (χ0v) is 24.7. The number of nitrogen functional groups attached to an aromatic ring is 1. The van der Waals surface area contributed by atoms with Crippen LogP contribution in [0.15, 0.2) is 88.1 Å². The number of nitrogens with two attached hydrogens (primary N) is 1. The van der Waals surface area contributed by atoms with Gasteiger partial charge in [0.1, 0.15) is 14.9 Å². The quantitative estimate of drug-likeness (QED) is 0.113. The zero-order chi connectivity index (χ0) is 28.6. The highest BCUT2D eigenvalue weighted by Gasteiger charge is 2.05. The molecule has 5 aromatic rings. The van der Waals surface area contributed by atoms with Crippen molar-refractivity contribution in [3.63, 3.8) is 0 Å². The topological polar surface area (TPSA) is 126 Å².